The molecule has 0 saturated carbocycles. The molecule has 1 rings (SSSR count). The molecule has 0 atom stereocenters. The molecule has 0 spiro atoms. The predicted octanol–water partition coefficient (Wildman–Crippen LogP) is 1.01. The maximum Gasteiger partial charge on any atom is 0.377 e. The SMILES string of the molecule is CS(=O)(=O)c1cc(Cl)cc(C(=O)C(=O)O)c1. The van der Waals surface area contributed by atoms with Gasteiger partial charge in [-0.3, -0.25) is 4.79 Å². The summed E-state index contributed by atoms with van der Waals surface area (Å²) >= 11 is 5.60. The first kappa shape index (κ1) is 12.7. The summed E-state index contributed by atoms with van der Waals surface area (Å²) in [5.74, 6) is -2.87. The number of hydrogen-bond donors (Lipinski definition) is 1. The number of Topliss-reactive ketones (excluding diaryl/α,β-unsaturated/α-hetero) is 1. The van der Waals surface area contributed by atoms with Gasteiger partial charge in [-0.2, -0.15) is 0 Å². The molecule has 0 heterocycles. The summed E-state index contributed by atoms with van der Waals surface area (Å²) < 4.78 is 22.4. The van der Waals surface area contributed by atoms with Gasteiger partial charge in [0.1, 0.15) is 0 Å². The number of ketones is 1. The minimum Gasteiger partial charge on any atom is -0.475 e. The van der Waals surface area contributed by atoms with E-state index in [9.17, 15) is 18.0 Å². The molecule has 5 nitrogen and oxygen atoms in total. The standard InChI is InChI=1S/C9H7ClO5S/c1-16(14,15)7-3-5(2-6(10)4-7)8(11)9(12)13/h2-4H,1H3,(H,12,13). The number of carbonyl (C=O) groups excluding carboxylic acids is 1. The Hall–Kier alpha value is -1.40. The first-order valence-corrected chi connectivity index (χ1v) is 6.27. The van der Waals surface area contributed by atoms with E-state index in [1.165, 1.54) is 0 Å². The normalized spacial score (nSPS) is 11.1. The molecule has 0 aromatic heterocycles. The monoisotopic (exact) mass is 262 g/mol. The van der Waals surface area contributed by atoms with Crippen molar-refractivity contribution in [2.24, 2.45) is 0 Å². The number of halogens is 1. The summed E-state index contributed by atoms with van der Waals surface area (Å²) in [6, 6.07) is 3.24. The smallest absolute Gasteiger partial charge is 0.377 e. The summed E-state index contributed by atoms with van der Waals surface area (Å²) in [5, 5.41) is 8.47. The van der Waals surface area contributed by atoms with Gasteiger partial charge in [-0.25, -0.2) is 13.2 Å². The van der Waals surface area contributed by atoms with Gasteiger partial charge < -0.3 is 5.11 Å². The maximum atomic E-state index is 11.2. The molecule has 86 valence electrons. The van der Waals surface area contributed by atoms with Crippen molar-refractivity contribution < 1.29 is 23.1 Å². The number of aliphatic carboxylic acids is 1. The number of carbonyl (C=O) groups is 2. The Labute approximate surface area is 96.6 Å². The molecule has 1 aromatic carbocycles. The van der Waals surface area contributed by atoms with E-state index in [4.69, 9.17) is 16.7 Å². The van der Waals surface area contributed by atoms with E-state index in [0.29, 0.717) is 0 Å². The molecule has 0 amide bonds. The fourth-order valence-corrected chi connectivity index (χ4v) is 2.01. The van der Waals surface area contributed by atoms with Crippen molar-refractivity contribution in [2.45, 2.75) is 4.90 Å². The number of benzene rings is 1. The average molecular weight is 263 g/mol. The molecule has 1 aromatic rings. The second-order valence-corrected chi connectivity index (χ2v) is 5.53. The molecule has 0 aliphatic heterocycles. The Morgan fingerprint density at radius 2 is 1.81 bits per heavy atom. The maximum absolute atomic E-state index is 11.2. The van der Waals surface area contributed by atoms with Crippen LogP contribution in [-0.2, 0) is 14.6 Å². The lowest BCUT2D eigenvalue weighted by Gasteiger charge is -2.02. The minimum atomic E-state index is -3.54. The van der Waals surface area contributed by atoms with Crippen LogP contribution in [0, 0.1) is 0 Å². The van der Waals surface area contributed by atoms with Gasteiger partial charge in [-0.1, -0.05) is 11.6 Å². The van der Waals surface area contributed by atoms with Crippen molar-refractivity contribution in [1.29, 1.82) is 0 Å². The highest BCUT2D eigenvalue weighted by molar-refractivity contribution is 7.90. The van der Waals surface area contributed by atoms with Crippen molar-refractivity contribution in [3.05, 3.63) is 28.8 Å². The van der Waals surface area contributed by atoms with E-state index in [1.54, 1.807) is 0 Å². The van der Waals surface area contributed by atoms with Gasteiger partial charge >= 0.3 is 5.97 Å². The van der Waals surface area contributed by atoms with Crippen molar-refractivity contribution in [1.82, 2.24) is 0 Å². The first-order valence-electron chi connectivity index (χ1n) is 4.00. The van der Waals surface area contributed by atoms with Crippen molar-refractivity contribution in [2.75, 3.05) is 6.26 Å². The Morgan fingerprint density at radius 3 is 2.25 bits per heavy atom. The molecule has 0 radical (unpaired) electrons. The van der Waals surface area contributed by atoms with Crippen LogP contribution in [0.25, 0.3) is 0 Å². The minimum absolute atomic E-state index is 0.00692. The van der Waals surface area contributed by atoms with Crippen LogP contribution in [0.1, 0.15) is 10.4 Å². The first-order chi connectivity index (χ1) is 7.21. The molecule has 16 heavy (non-hydrogen) atoms. The van der Waals surface area contributed by atoms with Crippen LogP contribution >= 0.6 is 11.6 Å². The summed E-state index contributed by atoms with van der Waals surface area (Å²) in [5.41, 5.74) is -0.263. The Balaban J connectivity index is 3.40. The van der Waals surface area contributed by atoms with Crippen molar-refractivity contribution in [3.8, 4) is 0 Å². The van der Waals surface area contributed by atoms with Crippen LogP contribution in [-0.4, -0.2) is 31.5 Å². The van der Waals surface area contributed by atoms with Crippen molar-refractivity contribution in [3.63, 3.8) is 0 Å². The van der Waals surface area contributed by atoms with Crippen LogP contribution in [0.2, 0.25) is 5.02 Å². The third kappa shape index (κ3) is 2.80. The number of carboxylic acids is 1. The fourth-order valence-electron chi connectivity index (χ4n) is 1.03. The highest BCUT2D eigenvalue weighted by Gasteiger charge is 2.18. The molecule has 0 fully saturated rings. The van der Waals surface area contributed by atoms with Gasteiger partial charge in [-0.05, 0) is 18.2 Å². The number of sulfone groups is 1. The molecule has 7 heteroatoms. The van der Waals surface area contributed by atoms with E-state index < -0.39 is 21.6 Å². The lowest BCUT2D eigenvalue weighted by atomic mass is 10.1. The van der Waals surface area contributed by atoms with Crippen LogP contribution in [0.4, 0.5) is 0 Å². The summed E-state index contributed by atoms with van der Waals surface area (Å²) in [7, 11) is -3.54. The Kier molecular flexibility index (Phi) is 3.35. The summed E-state index contributed by atoms with van der Waals surface area (Å²) in [4.78, 5) is 21.4. The largest absolute Gasteiger partial charge is 0.475 e. The molecule has 0 aliphatic carbocycles. The van der Waals surface area contributed by atoms with Gasteiger partial charge in [0.2, 0.25) is 0 Å². The Bertz CT molecular complexity index is 561. The molecule has 0 unspecified atom stereocenters. The van der Waals surface area contributed by atoms with Gasteiger partial charge in [0, 0.05) is 16.8 Å². The van der Waals surface area contributed by atoms with E-state index in [1.807, 2.05) is 0 Å². The van der Waals surface area contributed by atoms with Crippen LogP contribution in [0.3, 0.4) is 0 Å². The summed E-state index contributed by atoms with van der Waals surface area (Å²) in [6.07, 6.45) is 0.938. The van der Waals surface area contributed by atoms with Crippen molar-refractivity contribution >= 4 is 33.2 Å². The van der Waals surface area contributed by atoms with Gasteiger partial charge in [0.15, 0.2) is 9.84 Å². The van der Waals surface area contributed by atoms with E-state index >= 15 is 0 Å². The lowest BCUT2D eigenvalue weighted by molar-refractivity contribution is -0.131. The second-order valence-electron chi connectivity index (χ2n) is 3.08. The topological polar surface area (TPSA) is 88.5 Å². The highest BCUT2D eigenvalue weighted by Crippen LogP contribution is 2.19. The Morgan fingerprint density at radius 1 is 1.25 bits per heavy atom. The molecular formula is C9H7ClO5S. The average Bonchev–Trinajstić information content (AvgIpc) is 2.14. The van der Waals surface area contributed by atoms with Crippen LogP contribution in [0.15, 0.2) is 23.1 Å². The third-order valence-corrected chi connectivity index (χ3v) is 3.07. The molecule has 0 saturated heterocycles. The fraction of sp³-hybridized carbons (Fsp3) is 0.111. The molecule has 1 N–H and O–H groups in total. The second kappa shape index (κ2) is 4.23. The zero-order valence-corrected chi connectivity index (χ0v) is 9.67. The van der Waals surface area contributed by atoms with E-state index in [0.717, 1.165) is 24.5 Å². The van der Waals surface area contributed by atoms with Gasteiger partial charge in [0.05, 0.1) is 4.90 Å². The zero-order valence-electron chi connectivity index (χ0n) is 8.10. The van der Waals surface area contributed by atoms with E-state index in [-0.39, 0.29) is 15.5 Å². The van der Waals surface area contributed by atoms with E-state index in [2.05, 4.69) is 0 Å². The molecular weight excluding hydrogens is 256 g/mol. The predicted molar refractivity (Wildman–Crippen MR) is 56.5 cm³/mol. The number of carboxylic acid groups (broad SMARTS) is 1. The van der Waals surface area contributed by atoms with Gasteiger partial charge in [0.25, 0.3) is 5.78 Å². The highest BCUT2D eigenvalue weighted by atomic mass is 35.5. The van der Waals surface area contributed by atoms with Gasteiger partial charge in [-0.15, -0.1) is 0 Å². The molecule has 0 bridgehead atoms. The lowest BCUT2D eigenvalue weighted by Crippen LogP contribution is -2.13. The van der Waals surface area contributed by atoms with Crippen LogP contribution < -0.4 is 0 Å². The van der Waals surface area contributed by atoms with Crippen LogP contribution in [0.5, 0.6) is 0 Å². The zero-order chi connectivity index (χ0) is 12.5. The third-order valence-electron chi connectivity index (χ3n) is 1.76. The summed E-state index contributed by atoms with van der Waals surface area (Å²) in [6.45, 7) is 0. The molecule has 0 aliphatic rings. The number of hydrogen-bond acceptors (Lipinski definition) is 4. The quantitative estimate of drug-likeness (QED) is 0.649. The number of rotatable bonds is 3.